The molecule has 0 aliphatic heterocycles. The highest BCUT2D eigenvalue weighted by Gasteiger charge is 2.35. The number of rotatable bonds is 6. The smallest absolute Gasteiger partial charge is 0.320 e. The van der Waals surface area contributed by atoms with Gasteiger partial charge in [0.2, 0.25) is 15.9 Å². The van der Waals surface area contributed by atoms with Gasteiger partial charge in [0.1, 0.15) is 17.3 Å². The maximum absolute atomic E-state index is 13.6. The summed E-state index contributed by atoms with van der Waals surface area (Å²) in [6.07, 6.45) is -4.89. The largest absolute Gasteiger partial charge is 0.417 e. The van der Waals surface area contributed by atoms with E-state index in [1.165, 1.54) is 6.92 Å². The summed E-state index contributed by atoms with van der Waals surface area (Å²) in [6, 6.07) is 4.85. The SMILES string of the molecule is CCN(CC(=O)Nc1c(F)cccc1F)S(=O)(=O)c1ccc(Cl)c(C(F)(F)F)c1. The van der Waals surface area contributed by atoms with Gasteiger partial charge in [-0.1, -0.05) is 24.6 Å². The van der Waals surface area contributed by atoms with E-state index in [-0.39, 0.29) is 6.54 Å². The molecule has 2 rings (SSSR count). The number of benzene rings is 2. The first-order valence-electron chi connectivity index (χ1n) is 7.98. The molecular weight excluding hydrogens is 443 g/mol. The molecule has 5 nitrogen and oxygen atoms in total. The fourth-order valence-electron chi connectivity index (χ4n) is 2.35. The number of halogens is 6. The lowest BCUT2D eigenvalue weighted by Gasteiger charge is -2.21. The van der Waals surface area contributed by atoms with Crippen LogP contribution in [0.4, 0.5) is 27.6 Å². The van der Waals surface area contributed by atoms with Crippen molar-refractivity contribution in [2.75, 3.05) is 18.4 Å². The van der Waals surface area contributed by atoms with Gasteiger partial charge >= 0.3 is 6.18 Å². The van der Waals surface area contributed by atoms with Crippen molar-refractivity contribution in [2.24, 2.45) is 0 Å². The predicted octanol–water partition coefficient (Wildman–Crippen LogP) is 4.29. The minimum absolute atomic E-state index is 0.292. The fraction of sp³-hybridized carbons (Fsp3) is 0.235. The number of hydrogen-bond donors (Lipinski definition) is 1. The van der Waals surface area contributed by atoms with Crippen molar-refractivity contribution in [3.8, 4) is 0 Å². The van der Waals surface area contributed by atoms with Crippen molar-refractivity contribution in [1.82, 2.24) is 4.31 Å². The van der Waals surface area contributed by atoms with Gasteiger partial charge in [-0.15, -0.1) is 0 Å². The zero-order valence-electron chi connectivity index (χ0n) is 14.7. The topological polar surface area (TPSA) is 66.5 Å². The Hall–Kier alpha value is -2.24. The lowest BCUT2D eigenvalue weighted by atomic mass is 10.2. The van der Waals surface area contributed by atoms with Gasteiger partial charge in [-0.05, 0) is 30.3 Å². The van der Waals surface area contributed by atoms with E-state index in [1.54, 1.807) is 0 Å². The number of likely N-dealkylation sites (N-methyl/N-ethyl adjacent to an activating group) is 1. The number of anilines is 1. The molecule has 0 saturated heterocycles. The van der Waals surface area contributed by atoms with Crippen LogP contribution < -0.4 is 5.32 Å². The van der Waals surface area contributed by atoms with Gasteiger partial charge < -0.3 is 5.32 Å². The number of amides is 1. The first kappa shape index (κ1) is 23.0. The van der Waals surface area contributed by atoms with Crippen LogP contribution in [0.5, 0.6) is 0 Å². The van der Waals surface area contributed by atoms with Gasteiger partial charge in [0.25, 0.3) is 0 Å². The van der Waals surface area contributed by atoms with Crippen molar-refractivity contribution in [3.05, 3.63) is 58.6 Å². The molecule has 1 amide bonds. The Kier molecular flexibility index (Phi) is 6.86. The Bertz CT molecular complexity index is 1010. The van der Waals surface area contributed by atoms with Crippen molar-refractivity contribution in [3.63, 3.8) is 0 Å². The normalized spacial score (nSPS) is 12.3. The minimum atomic E-state index is -4.89. The van der Waals surface area contributed by atoms with E-state index in [4.69, 9.17) is 11.6 Å². The Morgan fingerprint density at radius 3 is 2.24 bits per heavy atom. The third kappa shape index (κ3) is 5.22. The monoisotopic (exact) mass is 456 g/mol. The van der Waals surface area contributed by atoms with Crippen LogP contribution in [0.2, 0.25) is 5.02 Å². The van der Waals surface area contributed by atoms with Crippen LogP contribution in [0, 0.1) is 11.6 Å². The summed E-state index contributed by atoms with van der Waals surface area (Å²) >= 11 is 5.49. The summed E-state index contributed by atoms with van der Waals surface area (Å²) in [4.78, 5) is 11.4. The average Bonchev–Trinajstić information content (AvgIpc) is 2.62. The van der Waals surface area contributed by atoms with Crippen LogP contribution in [0.25, 0.3) is 0 Å². The average molecular weight is 457 g/mol. The molecule has 0 spiro atoms. The molecule has 12 heteroatoms. The van der Waals surface area contributed by atoms with Crippen molar-refractivity contribution in [2.45, 2.75) is 18.0 Å². The maximum atomic E-state index is 13.6. The van der Waals surface area contributed by atoms with Gasteiger partial charge in [-0.2, -0.15) is 17.5 Å². The molecule has 0 aliphatic carbocycles. The van der Waals surface area contributed by atoms with E-state index in [9.17, 15) is 35.2 Å². The van der Waals surface area contributed by atoms with Crippen LogP contribution in [-0.2, 0) is 21.0 Å². The maximum Gasteiger partial charge on any atom is 0.417 e. The second kappa shape index (κ2) is 8.64. The number of para-hydroxylation sites is 1. The van der Waals surface area contributed by atoms with Gasteiger partial charge in [-0.25, -0.2) is 17.2 Å². The van der Waals surface area contributed by atoms with E-state index >= 15 is 0 Å². The van der Waals surface area contributed by atoms with E-state index in [0.29, 0.717) is 10.4 Å². The fourth-order valence-corrected chi connectivity index (χ4v) is 4.01. The Labute approximate surface area is 168 Å². The molecule has 158 valence electrons. The molecule has 0 aromatic heterocycles. The molecule has 0 bridgehead atoms. The molecule has 0 fully saturated rings. The number of alkyl halides is 3. The highest BCUT2D eigenvalue weighted by atomic mass is 35.5. The molecule has 0 saturated carbocycles. The zero-order valence-corrected chi connectivity index (χ0v) is 16.3. The second-order valence-corrected chi connectivity index (χ2v) is 8.06. The summed E-state index contributed by atoms with van der Waals surface area (Å²) in [5.41, 5.74) is -2.12. The summed E-state index contributed by atoms with van der Waals surface area (Å²) in [5, 5.41) is 1.23. The van der Waals surface area contributed by atoms with Gasteiger partial charge in [0.15, 0.2) is 0 Å². The van der Waals surface area contributed by atoms with Gasteiger partial charge in [-0.3, -0.25) is 4.79 Å². The number of nitrogens with zero attached hydrogens (tertiary/aromatic N) is 1. The summed E-state index contributed by atoms with van der Waals surface area (Å²) < 4.78 is 92.1. The minimum Gasteiger partial charge on any atom is -0.320 e. The van der Waals surface area contributed by atoms with Gasteiger partial charge in [0, 0.05) is 6.54 Å². The van der Waals surface area contributed by atoms with Crippen LogP contribution in [0.3, 0.4) is 0 Å². The van der Waals surface area contributed by atoms with Crippen LogP contribution in [0.1, 0.15) is 12.5 Å². The Morgan fingerprint density at radius 2 is 1.72 bits per heavy atom. The number of carbonyl (C=O) groups excluding carboxylic acids is 1. The molecule has 0 atom stereocenters. The van der Waals surface area contributed by atoms with Crippen LogP contribution in [-0.4, -0.2) is 31.7 Å². The number of hydrogen-bond acceptors (Lipinski definition) is 3. The summed E-state index contributed by atoms with van der Waals surface area (Å²) in [5.74, 6) is -3.22. The van der Waals surface area contributed by atoms with Gasteiger partial charge in [0.05, 0.1) is 22.0 Å². The Morgan fingerprint density at radius 1 is 1.14 bits per heavy atom. The number of sulfonamides is 1. The van der Waals surface area contributed by atoms with Crippen LogP contribution >= 0.6 is 11.6 Å². The lowest BCUT2D eigenvalue weighted by molar-refractivity contribution is -0.137. The lowest BCUT2D eigenvalue weighted by Crippen LogP contribution is -2.38. The third-order valence-corrected chi connectivity index (χ3v) is 6.03. The molecule has 0 unspecified atom stereocenters. The van der Waals surface area contributed by atoms with E-state index in [2.05, 4.69) is 0 Å². The van der Waals surface area contributed by atoms with Crippen molar-refractivity contribution in [1.29, 1.82) is 0 Å². The zero-order chi connectivity index (χ0) is 22.0. The standard InChI is InChI=1S/C17H14ClF5N2O3S/c1-2-25(9-15(26)24-16-13(19)4-3-5-14(16)20)29(27,28)10-6-7-12(18)11(8-10)17(21,22)23/h3-8H,2,9H2,1H3,(H,24,26). The first-order valence-corrected chi connectivity index (χ1v) is 9.80. The van der Waals surface area contributed by atoms with Crippen molar-refractivity contribution >= 4 is 33.2 Å². The molecule has 0 aliphatic rings. The third-order valence-electron chi connectivity index (χ3n) is 3.78. The first-order chi connectivity index (χ1) is 13.4. The molecule has 2 aromatic rings. The highest BCUT2D eigenvalue weighted by Crippen LogP contribution is 2.36. The van der Waals surface area contributed by atoms with Crippen molar-refractivity contribution < 1.29 is 35.2 Å². The second-order valence-electron chi connectivity index (χ2n) is 5.72. The molecule has 29 heavy (non-hydrogen) atoms. The van der Waals surface area contributed by atoms with E-state index < -0.39 is 61.5 Å². The highest BCUT2D eigenvalue weighted by molar-refractivity contribution is 7.89. The predicted molar refractivity (Wildman–Crippen MR) is 95.9 cm³/mol. The quantitative estimate of drug-likeness (QED) is 0.660. The number of carbonyl (C=O) groups is 1. The molecule has 1 N–H and O–H groups in total. The summed E-state index contributed by atoms with van der Waals surface area (Å²) in [6.45, 7) is 0.172. The molecule has 0 heterocycles. The van der Waals surface area contributed by atoms with E-state index in [1.807, 2.05) is 5.32 Å². The molecule has 2 aromatic carbocycles. The Balaban J connectivity index is 2.30. The molecular formula is C17H14ClF5N2O3S. The van der Waals surface area contributed by atoms with E-state index in [0.717, 1.165) is 30.3 Å². The summed E-state index contributed by atoms with van der Waals surface area (Å²) in [7, 11) is -4.53. The number of nitrogens with one attached hydrogen (secondary N) is 1. The molecule has 0 radical (unpaired) electrons. The van der Waals surface area contributed by atoms with Crippen LogP contribution in [0.15, 0.2) is 41.3 Å².